The highest BCUT2D eigenvalue weighted by Crippen LogP contribution is 2.40. The molecule has 0 fully saturated rings. The highest BCUT2D eigenvalue weighted by molar-refractivity contribution is 9.10. The highest BCUT2D eigenvalue weighted by Gasteiger charge is 2.35. The second kappa shape index (κ2) is 9.12. The number of amides is 2. The lowest BCUT2D eigenvalue weighted by atomic mass is 9.94. The number of allylic oxidation sites excluding steroid dienone is 1. The van der Waals surface area contributed by atoms with Crippen molar-refractivity contribution >= 4 is 27.9 Å². The fraction of sp³-hybridized carbons (Fsp3) is 0.474. The van der Waals surface area contributed by atoms with E-state index in [1.807, 2.05) is 0 Å². The Balaban J connectivity index is 2.42. The van der Waals surface area contributed by atoms with E-state index in [2.05, 4.69) is 28.2 Å². The van der Waals surface area contributed by atoms with E-state index < -0.39 is 12.0 Å². The maximum atomic E-state index is 12.8. The minimum absolute atomic E-state index is 0.0510. The van der Waals surface area contributed by atoms with E-state index in [1.165, 1.54) is 12.0 Å². The quantitative estimate of drug-likeness (QED) is 0.496. The van der Waals surface area contributed by atoms with Crippen molar-refractivity contribution in [1.29, 1.82) is 0 Å². The van der Waals surface area contributed by atoms with E-state index in [-0.39, 0.29) is 17.5 Å². The smallest absolute Gasteiger partial charge is 0.338 e. The van der Waals surface area contributed by atoms with Gasteiger partial charge in [-0.25, -0.2) is 9.59 Å². The SMILES string of the molecule is CCCCCOC(=O)C1=C(C)N(C)C(=O)N[C@H]1c1cc(Br)c(O)c(OC)c1. The molecule has 1 heterocycles. The zero-order valence-corrected chi connectivity index (χ0v) is 17.6. The molecule has 0 bridgehead atoms. The Bertz CT molecular complexity index is 763. The monoisotopic (exact) mass is 440 g/mol. The first kappa shape index (κ1) is 21.1. The second-order valence-corrected chi connectivity index (χ2v) is 7.19. The summed E-state index contributed by atoms with van der Waals surface area (Å²) >= 11 is 3.28. The summed E-state index contributed by atoms with van der Waals surface area (Å²) in [7, 11) is 3.03. The molecule has 0 radical (unpaired) electrons. The number of benzene rings is 1. The van der Waals surface area contributed by atoms with Gasteiger partial charge in [0, 0.05) is 12.7 Å². The topological polar surface area (TPSA) is 88.1 Å². The molecule has 8 heteroatoms. The van der Waals surface area contributed by atoms with Gasteiger partial charge in [-0.2, -0.15) is 0 Å². The zero-order valence-electron chi connectivity index (χ0n) is 16.0. The minimum atomic E-state index is -0.710. The molecule has 0 saturated heterocycles. The van der Waals surface area contributed by atoms with Crippen LogP contribution < -0.4 is 10.1 Å². The molecule has 0 unspecified atom stereocenters. The van der Waals surface area contributed by atoms with Crippen molar-refractivity contribution in [2.45, 2.75) is 39.2 Å². The average molecular weight is 441 g/mol. The van der Waals surface area contributed by atoms with Crippen molar-refractivity contribution in [3.05, 3.63) is 33.4 Å². The lowest BCUT2D eigenvalue weighted by Crippen LogP contribution is -2.46. The molecule has 0 saturated carbocycles. The molecule has 27 heavy (non-hydrogen) atoms. The molecule has 1 aromatic carbocycles. The van der Waals surface area contributed by atoms with E-state index in [0.717, 1.165) is 19.3 Å². The number of phenols is 1. The molecule has 2 amide bonds. The van der Waals surface area contributed by atoms with Crippen LogP contribution in [0.1, 0.15) is 44.7 Å². The zero-order chi connectivity index (χ0) is 20.1. The van der Waals surface area contributed by atoms with Crippen molar-refractivity contribution in [3.63, 3.8) is 0 Å². The number of carbonyl (C=O) groups excluding carboxylic acids is 2. The van der Waals surface area contributed by atoms with Crippen LogP contribution in [0.5, 0.6) is 11.5 Å². The van der Waals surface area contributed by atoms with Gasteiger partial charge in [-0.1, -0.05) is 19.8 Å². The second-order valence-electron chi connectivity index (χ2n) is 6.34. The number of hydrogen-bond donors (Lipinski definition) is 2. The summed E-state index contributed by atoms with van der Waals surface area (Å²) in [4.78, 5) is 26.4. The van der Waals surface area contributed by atoms with Gasteiger partial charge in [-0.15, -0.1) is 0 Å². The van der Waals surface area contributed by atoms with Gasteiger partial charge in [0.1, 0.15) is 0 Å². The number of esters is 1. The standard InChI is InChI=1S/C19H25BrN2O5/c1-5-6-7-8-27-18(24)15-11(2)22(3)19(25)21-16(15)12-9-13(20)17(23)14(10-12)26-4/h9-10,16,23H,5-8H2,1-4H3,(H,21,25)/t16-/m0/s1. The van der Waals surface area contributed by atoms with Crippen LogP contribution in [0.4, 0.5) is 4.79 Å². The number of nitrogens with one attached hydrogen (secondary N) is 1. The molecule has 1 atom stereocenters. The van der Waals surface area contributed by atoms with Gasteiger partial charge >= 0.3 is 12.0 Å². The number of urea groups is 1. The average Bonchev–Trinajstić information content (AvgIpc) is 2.64. The normalized spacial score (nSPS) is 17.0. The summed E-state index contributed by atoms with van der Waals surface area (Å²) in [5.74, 6) is -0.283. The van der Waals surface area contributed by atoms with E-state index >= 15 is 0 Å². The number of hydrogen-bond acceptors (Lipinski definition) is 5. The number of carbonyl (C=O) groups is 2. The maximum absolute atomic E-state index is 12.8. The molecular formula is C19H25BrN2O5. The Morgan fingerprint density at radius 2 is 2.07 bits per heavy atom. The Morgan fingerprint density at radius 1 is 1.37 bits per heavy atom. The van der Waals surface area contributed by atoms with Crippen molar-refractivity contribution in [3.8, 4) is 11.5 Å². The third-order valence-corrected chi connectivity index (χ3v) is 5.16. The van der Waals surface area contributed by atoms with Crippen LogP contribution >= 0.6 is 15.9 Å². The van der Waals surface area contributed by atoms with E-state index in [1.54, 1.807) is 26.1 Å². The fourth-order valence-corrected chi connectivity index (χ4v) is 3.32. The van der Waals surface area contributed by atoms with Crippen LogP contribution in [0.25, 0.3) is 0 Å². The molecule has 0 aliphatic carbocycles. The lowest BCUT2D eigenvalue weighted by Gasteiger charge is -2.33. The number of nitrogens with zero attached hydrogens (tertiary/aromatic N) is 1. The van der Waals surface area contributed by atoms with Crippen molar-refractivity contribution in [2.24, 2.45) is 0 Å². The van der Waals surface area contributed by atoms with Gasteiger partial charge in [-0.3, -0.25) is 0 Å². The molecule has 2 N–H and O–H groups in total. The summed E-state index contributed by atoms with van der Waals surface area (Å²) in [5.41, 5.74) is 1.47. The van der Waals surface area contributed by atoms with Gasteiger partial charge in [-0.05, 0) is 47.0 Å². The third kappa shape index (κ3) is 4.55. The first-order chi connectivity index (χ1) is 12.8. The molecule has 1 aromatic rings. The fourth-order valence-electron chi connectivity index (χ4n) is 2.86. The third-order valence-electron chi connectivity index (χ3n) is 4.56. The van der Waals surface area contributed by atoms with E-state index in [0.29, 0.717) is 27.9 Å². The van der Waals surface area contributed by atoms with Crippen molar-refractivity contribution in [2.75, 3.05) is 20.8 Å². The van der Waals surface area contributed by atoms with Crippen LogP contribution in [0.15, 0.2) is 27.9 Å². The van der Waals surface area contributed by atoms with Crippen LogP contribution in [-0.2, 0) is 9.53 Å². The van der Waals surface area contributed by atoms with E-state index in [9.17, 15) is 14.7 Å². The molecule has 7 nitrogen and oxygen atoms in total. The van der Waals surface area contributed by atoms with Crippen LogP contribution in [0.2, 0.25) is 0 Å². The molecule has 1 aliphatic rings. The molecule has 1 aliphatic heterocycles. The molecule has 0 aromatic heterocycles. The first-order valence-corrected chi connectivity index (χ1v) is 9.59. The number of halogens is 1. The number of ether oxygens (including phenoxy) is 2. The minimum Gasteiger partial charge on any atom is -0.503 e. The van der Waals surface area contributed by atoms with Gasteiger partial charge < -0.3 is 24.8 Å². The Hall–Kier alpha value is -2.22. The van der Waals surface area contributed by atoms with Gasteiger partial charge in [0.2, 0.25) is 0 Å². The Kier molecular flexibility index (Phi) is 7.12. The molecule has 0 spiro atoms. The Morgan fingerprint density at radius 3 is 2.70 bits per heavy atom. The molecular weight excluding hydrogens is 416 g/mol. The van der Waals surface area contributed by atoms with Gasteiger partial charge in [0.25, 0.3) is 0 Å². The van der Waals surface area contributed by atoms with Crippen LogP contribution in [-0.4, -0.2) is 42.8 Å². The van der Waals surface area contributed by atoms with Crippen LogP contribution in [0.3, 0.4) is 0 Å². The number of rotatable bonds is 7. The summed E-state index contributed by atoms with van der Waals surface area (Å²) in [5, 5.41) is 12.9. The molecule has 2 rings (SSSR count). The summed E-state index contributed by atoms with van der Waals surface area (Å²) in [6.07, 6.45) is 2.80. The summed E-state index contributed by atoms with van der Waals surface area (Å²) in [6.45, 7) is 4.11. The number of phenolic OH excluding ortho intramolecular Hbond substituents is 1. The predicted octanol–water partition coefficient (Wildman–Crippen LogP) is 3.87. The Labute approximate surface area is 167 Å². The number of aromatic hydroxyl groups is 1. The first-order valence-electron chi connectivity index (χ1n) is 8.80. The molecule has 148 valence electrons. The van der Waals surface area contributed by atoms with E-state index in [4.69, 9.17) is 9.47 Å². The predicted molar refractivity (Wildman–Crippen MR) is 105 cm³/mol. The van der Waals surface area contributed by atoms with Gasteiger partial charge in [0.15, 0.2) is 11.5 Å². The van der Waals surface area contributed by atoms with Gasteiger partial charge in [0.05, 0.1) is 29.8 Å². The summed E-state index contributed by atoms with van der Waals surface area (Å²) in [6, 6.07) is 2.20. The van der Waals surface area contributed by atoms with Crippen molar-refractivity contribution < 1.29 is 24.2 Å². The van der Waals surface area contributed by atoms with Crippen molar-refractivity contribution in [1.82, 2.24) is 10.2 Å². The number of unbranched alkanes of at least 4 members (excludes halogenated alkanes) is 2. The maximum Gasteiger partial charge on any atom is 0.338 e. The summed E-state index contributed by atoms with van der Waals surface area (Å²) < 4.78 is 11.0. The highest BCUT2D eigenvalue weighted by atomic mass is 79.9. The van der Waals surface area contributed by atoms with Crippen LogP contribution in [0, 0.1) is 0 Å². The largest absolute Gasteiger partial charge is 0.503 e. The lowest BCUT2D eigenvalue weighted by molar-refractivity contribution is -0.139. The number of methoxy groups -OCH3 is 1.